The van der Waals surface area contributed by atoms with Crippen LogP contribution in [0.3, 0.4) is 0 Å². The molecule has 0 saturated carbocycles. The lowest BCUT2D eigenvalue weighted by Gasteiger charge is -2.10. The lowest BCUT2D eigenvalue weighted by molar-refractivity contribution is 0.259. The van der Waals surface area contributed by atoms with Crippen LogP contribution in [0.1, 0.15) is 22.3 Å². The van der Waals surface area contributed by atoms with Gasteiger partial charge < -0.3 is 9.15 Å². The van der Waals surface area contributed by atoms with Gasteiger partial charge in [0.25, 0.3) is 0 Å². The first-order chi connectivity index (χ1) is 9.56. The van der Waals surface area contributed by atoms with Crippen molar-refractivity contribution in [3.05, 3.63) is 38.7 Å². The number of hydrogen-bond donors (Lipinski definition) is 0. The molecule has 1 aromatic heterocycles. The highest BCUT2D eigenvalue weighted by atomic mass is 79.9. The topological polar surface area (TPSA) is 63.2 Å². The van der Waals surface area contributed by atoms with Crippen LogP contribution in [-0.4, -0.2) is 11.4 Å². The van der Waals surface area contributed by atoms with Crippen molar-refractivity contribution < 1.29 is 9.15 Å². The predicted octanol–water partition coefficient (Wildman–Crippen LogP) is 2.98. The molecule has 0 fully saturated rings. The van der Waals surface area contributed by atoms with Gasteiger partial charge in [-0.1, -0.05) is 15.9 Å². The molecule has 3 rings (SSSR count). The Morgan fingerprint density at radius 2 is 2.20 bits per heavy atom. The van der Waals surface area contributed by atoms with E-state index >= 15 is 0 Å². The number of ether oxygens (including phenoxy) is 1. The van der Waals surface area contributed by atoms with Crippen LogP contribution in [0.5, 0.6) is 5.75 Å². The molecule has 0 bridgehead atoms. The first-order valence-electron chi connectivity index (χ1n) is 6.29. The Morgan fingerprint density at radius 1 is 1.45 bits per heavy atom. The largest absolute Gasteiger partial charge is 0.489 e. The van der Waals surface area contributed by atoms with Crippen LogP contribution in [0.15, 0.2) is 15.3 Å². The summed E-state index contributed by atoms with van der Waals surface area (Å²) in [6.45, 7) is 3.66. The highest BCUT2D eigenvalue weighted by Crippen LogP contribution is 2.38. The van der Waals surface area contributed by atoms with Crippen molar-refractivity contribution in [3.8, 4) is 11.8 Å². The van der Waals surface area contributed by atoms with E-state index in [1.165, 1.54) is 0 Å². The molecule has 2 aromatic rings. The van der Waals surface area contributed by atoms with Gasteiger partial charge in [0.1, 0.15) is 29.1 Å². The van der Waals surface area contributed by atoms with Gasteiger partial charge in [0.2, 0.25) is 0 Å². The monoisotopic (exact) mass is 333 g/mol. The minimum absolute atomic E-state index is 0.0767. The van der Waals surface area contributed by atoms with Gasteiger partial charge in [0.05, 0.1) is 0 Å². The molecular formula is C15H12BrNO3. The smallest absolute Gasteiger partial charge is 0.354 e. The lowest BCUT2D eigenvalue weighted by Crippen LogP contribution is -2.13. The molecule has 2 heterocycles. The molecule has 5 heteroatoms. The maximum atomic E-state index is 11.8. The van der Waals surface area contributed by atoms with E-state index in [0.717, 1.165) is 34.0 Å². The van der Waals surface area contributed by atoms with Crippen molar-refractivity contribution in [2.75, 3.05) is 5.33 Å². The average Bonchev–Trinajstić information content (AvgIpc) is 2.85. The maximum absolute atomic E-state index is 11.8. The van der Waals surface area contributed by atoms with E-state index in [2.05, 4.69) is 15.9 Å². The second-order valence-corrected chi connectivity index (χ2v) is 5.61. The van der Waals surface area contributed by atoms with Crippen LogP contribution in [0.25, 0.3) is 11.0 Å². The van der Waals surface area contributed by atoms with Gasteiger partial charge in [-0.15, -0.1) is 0 Å². The molecule has 1 aliphatic rings. The Hall–Kier alpha value is -1.80. The Bertz CT molecular complexity index is 817. The van der Waals surface area contributed by atoms with E-state index < -0.39 is 5.63 Å². The summed E-state index contributed by atoms with van der Waals surface area (Å²) in [5.74, 6) is 0.800. The second kappa shape index (κ2) is 4.64. The van der Waals surface area contributed by atoms with Crippen molar-refractivity contribution in [1.29, 1.82) is 5.26 Å². The third-order valence-corrected chi connectivity index (χ3v) is 4.45. The zero-order chi connectivity index (χ0) is 14.4. The molecule has 0 aliphatic carbocycles. The molecule has 0 N–H and O–H groups in total. The molecule has 0 radical (unpaired) electrons. The van der Waals surface area contributed by atoms with Gasteiger partial charge >= 0.3 is 5.63 Å². The number of benzene rings is 1. The van der Waals surface area contributed by atoms with E-state index in [9.17, 15) is 4.79 Å². The SMILES string of the molecule is Cc1c(C#N)c(=O)oc2c(C)c3c(cc12)CC(CBr)O3. The Morgan fingerprint density at radius 3 is 2.85 bits per heavy atom. The third kappa shape index (κ3) is 1.75. The number of fused-ring (bicyclic) bond motifs is 2. The zero-order valence-corrected chi connectivity index (χ0v) is 12.7. The Kier molecular flexibility index (Phi) is 3.06. The number of alkyl halides is 1. The molecule has 0 saturated heterocycles. The first kappa shape index (κ1) is 13.2. The molecule has 0 spiro atoms. The van der Waals surface area contributed by atoms with Gasteiger partial charge in [-0.25, -0.2) is 4.79 Å². The van der Waals surface area contributed by atoms with Crippen molar-refractivity contribution >= 4 is 26.9 Å². The summed E-state index contributed by atoms with van der Waals surface area (Å²) in [7, 11) is 0. The molecule has 1 aromatic carbocycles. The zero-order valence-electron chi connectivity index (χ0n) is 11.1. The van der Waals surface area contributed by atoms with E-state index in [1.807, 2.05) is 19.1 Å². The number of nitrogens with zero attached hydrogens (tertiary/aromatic N) is 1. The van der Waals surface area contributed by atoms with Gasteiger partial charge in [-0.05, 0) is 31.0 Å². The van der Waals surface area contributed by atoms with Crippen molar-refractivity contribution in [1.82, 2.24) is 0 Å². The summed E-state index contributed by atoms with van der Waals surface area (Å²) in [4.78, 5) is 11.8. The van der Waals surface area contributed by atoms with Crippen LogP contribution in [0.2, 0.25) is 0 Å². The summed E-state index contributed by atoms with van der Waals surface area (Å²) in [6, 6.07) is 3.89. The van der Waals surface area contributed by atoms with Crippen LogP contribution >= 0.6 is 15.9 Å². The van der Waals surface area contributed by atoms with Crippen LogP contribution in [0, 0.1) is 25.2 Å². The van der Waals surface area contributed by atoms with Gasteiger partial charge in [-0.3, -0.25) is 0 Å². The molecule has 1 atom stereocenters. The normalized spacial score (nSPS) is 16.8. The molecule has 102 valence electrons. The third-order valence-electron chi connectivity index (χ3n) is 3.73. The lowest BCUT2D eigenvalue weighted by atomic mass is 9.99. The second-order valence-electron chi connectivity index (χ2n) is 4.97. The summed E-state index contributed by atoms with van der Waals surface area (Å²) >= 11 is 3.42. The summed E-state index contributed by atoms with van der Waals surface area (Å²) in [5.41, 5.74) is 2.60. The van der Waals surface area contributed by atoms with Crippen molar-refractivity contribution in [3.63, 3.8) is 0 Å². The van der Waals surface area contributed by atoms with Gasteiger partial charge in [0, 0.05) is 22.7 Å². The van der Waals surface area contributed by atoms with Crippen LogP contribution in [0.4, 0.5) is 0 Å². The fraction of sp³-hybridized carbons (Fsp3) is 0.333. The Labute approximate surface area is 124 Å². The predicted molar refractivity (Wildman–Crippen MR) is 78.6 cm³/mol. The number of hydrogen-bond acceptors (Lipinski definition) is 4. The number of aryl methyl sites for hydroxylation is 2. The standard InChI is InChI=1S/C15H12BrNO3/c1-7-11-4-9-3-10(5-16)19-13(9)8(2)14(11)20-15(18)12(7)6-17/h4,10H,3,5H2,1-2H3. The Balaban J connectivity index is 2.37. The van der Waals surface area contributed by atoms with E-state index in [-0.39, 0.29) is 11.7 Å². The van der Waals surface area contributed by atoms with Crippen molar-refractivity contribution in [2.45, 2.75) is 26.4 Å². The van der Waals surface area contributed by atoms with Crippen LogP contribution in [-0.2, 0) is 6.42 Å². The van der Waals surface area contributed by atoms with Gasteiger partial charge in [-0.2, -0.15) is 5.26 Å². The van der Waals surface area contributed by atoms with E-state index in [1.54, 1.807) is 6.92 Å². The molecule has 20 heavy (non-hydrogen) atoms. The quantitative estimate of drug-likeness (QED) is 0.594. The first-order valence-corrected chi connectivity index (χ1v) is 7.41. The molecule has 1 unspecified atom stereocenters. The number of nitriles is 1. The fourth-order valence-electron chi connectivity index (χ4n) is 2.68. The fourth-order valence-corrected chi connectivity index (χ4v) is 3.04. The van der Waals surface area contributed by atoms with E-state index in [4.69, 9.17) is 14.4 Å². The molecule has 4 nitrogen and oxygen atoms in total. The molecule has 0 amide bonds. The maximum Gasteiger partial charge on any atom is 0.354 e. The number of rotatable bonds is 1. The van der Waals surface area contributed by atoms with Crippen LogP contribution < -0.4 is 10.4 Å². The minimum Gasteiger partial charge on any atom is -0.489 e. The summed E-state index contributed by atoms with van der Waals surface area (Å²) in [5, 5.41) is 10.6. The van der Waals surface area contributed by atoms with Gasteiger partial charge in [0.15, 0.2) is 0 Å². The summed E-state index contributed by atoms with van der Waals surface area (Å²) in [6.07, 6.45) is 0.917. The van der Waals surface area contributed by atoms with E-state index in [0.29, 0.717) is 11.1 Å². The molecular weight excluding hydrogens is 322 g/mol. The number of halogens is 1. The van der Waals surface area contributed by atoms with Crippen molar-refractivity contribution in [2.24, 2.45) is 0 Å². The minimum atomic E-state index is -0.587. The highest BCUT2D eigenvalue weighted by Gasteiger charge is 2.27. The highest BCUT2D eigenvalue weighted by molar-refractivity contribution is 9.09. The average molecular weight is 334 g/mol. The molecule has 1 aliphatic heterocycles. The summed E-state index contributed by atoms with van der Waals surface area (Å²) < 4.78 is 11.2.